The zero-order chi connectivity index (χ0) is 13.1. The molecule has 0 aliphatic heterocycles. The second-order valence-electron chi connectivity index (χ2n) is 3.63. The van der Waals surface area contributed by atoms with Crippen molar-refractivity contribution in [3.8, 4) is 0 Å². The van der Waals surface area contributed by atoms with Crippen molar-refractivity contribution in [2.75, 3.05) is 5.32 Å². The zero-order valence-electron chi connectivity index (χ0n) is 9.15. The standard InChI is InChI=1S/C13H9BrClNOS/c14-11-5-4-9(7-12(11)15)16-13(17)8-2-1-3-10(18)6-8/h1-7,18H,(H,16,17). The number of nitrogens with one attached hydrogen (secondary N) is 1. The van der Waals surface area contributed by atoms with Gasteiger partial charge in [-0.25, -0.2) is 0 Å². The van der Waals surface area contributed by atoms with E-state index in [9.17, 15) is 4.79 Å². The van der Waals surface area contributed by atoms with Crippen molar-refractivity contribution in [1.29, 1.82) is 0 Å². The third-order valence-corrected chi connectivity index (χ3v) is 3.80. The van der Waals surface area contributed by atoms with Gasteiger partial charge < -0.3 is 5.32 Å². The molecule has 0 aliphatic rings. The Morgan fingerprint density at radius 1 is 1.22 bits per heavy atom. The van der Waals surface area contributed by atoms with E-state index in [0.717, 1.165) is 9.37 Å². The minimum absolute atomic E-state index is 0.190. The van der Waals surface area contributed by atoms with Gasteiger partial charge in [0, 0.05) is 20.6 Å². The van der Waals surface area contributed by atoms with E-state index in [1.165, 1.54) is 0 Å². The van der Waals surface area contributed by atoms with Crippen molar-refractivity contribution < 1.29 is 4.79 Å². The van der Waals surface area contributed by atoms with Gasteiger partial charge in [0.2, 0.25) is 0 Å². The lowest BCUT2D eigenvalue weighted by molar-refractivity contribution is 0.102. The van der Waals surface area contributed by atoms with E-state index in [-0.39, 0.29) is 5.91 Å². The third kappa shape index (κ3) is 3.28. The van der Waals surface area contributed by atoms with Crippen molar-refractivity contribution in [3.05, 3.63) is 57.5 Å². The van der Waals surface area contributed by atoms with Crippen molar-refractivity contribution in [3.63, 3.8) is 0 Å². The van der Waals surface area contributed by atoms with Crippen LogP contribution in [0.3, 0.4) is 0 Å². The van der Waals surface area contributed by atoms with Crippen LogP contribution in [0.1, 0.15) is 10.4 Å². The van der Waals surface area contributed by atoms with Gasteiger partial charge in [-0.2, -0.15) is 0 Å². The average Bonchev–Trinajstić information content (AvgIpc) is 2.34. The number of thiol groups is 1. The second-order valence-corrected chi connectivity index (χ2v) is 5.41. The van der Waals surface area contributed by atoms with Gasteiger partial charge in [0.1, 0.15) is 0 Å². The highest BCUT2D eigenvalue weighted by Crippen LogP contribution is 2.25. The second kappa shape index (κ2) is 5.78. The van der Waals surface area contributed by atoms with E-state index in [0.29, 0.717) is 16.3 Å². The van der Waals surface area contributed by atoms with Gasteiger partial charge in [-0.1, -0.05) is 17.7 Å². The monoisotopic (exact) mass is 341 g/mol. The number of anilines is 1. The number of halogens is 2. The molecule has 1 N–H and O–H groups in total. The molecule has 2 aromatic carbocycles. The molecular formula is C13H9BrClNOS. The molecule has 18 heavy (non-hydrogen) atoms. The molecule has 2 nitrogen and oxygen atoms in total. The average molecular weight is 343 g/mol. The molecule has 0 bridgehead atoms. The minimum atomic E-state index is -0.190. The predicted octanol–water partition coefficient (Wildman–Crippen LogP) is 4.64. The predicted molar refractivity (Wildman–Crippen MR) is 80.8 cm³/mol. The fraction of sp³-hybridized carbons (Fsp3) is 0. The van der Waals surface area contributed by atoms with Crippen LogP contribution < -0.4 is 5.32 Å². The van der Waals surface area contributed by atoms with Gasteiger partial charge in [-0.3, -0.25) is 4.79 Å². The number of carbonyl (C=O) groups excluding carboxylic acids is 1. The van der Waals surface area contributed by atoms with E-state index in [1.54, 1.807) is 36.4 Å². The van der Waals surface area contributed by atoms with Crippen LogP contribution in [0.5, 0.6) is 0 Å². The highest BCUT2D eigenvalue weighted by Gasteiger charge is 2.07. The number of carbonyl (C=O) groups is 1. The number of benzene rings is 2. The van der Waals surface area contributed by atoms with Gasteiger partial charge in [0.05, 0.1) is 5.02 Å². The Labute approximate surface area is 124 Å². The smallest absolute Gasteiger partial charge is 0.255 e. The lowest BCUT2D eigenvalue weighted by Gasteiger charge is -2.06. The van der Waals surface area contributed by atoms with Crippen molar-refractivity contribution >= 4 is 51.8 Å². The first-order valence-corrected chi connectivity index (χ1v) is 6.73. The molecule has 2 aromatic rings. The highest BCUT2D eigenvalue weighted by molar-refractivity contribution is 9.10. The molecule has 2 rings (SSSR count). The van der Waals surface area contributed by atoms with Gasteiger partial charge >= 0.3 is 0 Å². The van der Waals surface area contributed by atoms with Crippen LogP contribution in [0.4, 0.5) is 5.69 Å². The van der Waals surface area contributed by atoms with E-state index >= 15 is 0 Å². The Morgan fingerprint density at radius 3 is 2.67 bits per heavy atom. The van der Waals surface area contributed by atoms with Crippen LogP contribution in [-0.2, 0) is 0 Å². The van der Waals surface area contributed by atoms with Gasteiger partial charge in [0.15, 0.2) is 0 Å². The Bertz CT molecular complexity index is 603. The molecule has 0 atom stereocenters. The molecule has 0 saturated carbocycles. The molecular weight excluding hydrogens is 334 g/mol. The fourth-order valence-electron chi connectivity index (χ4n) is 1.42. The Kier molecular flexibility index (Phi) is 4.32. The quantitative estimate of drug-likeness (QED) is 0.765. The molecule has 5 heteroatoms. The van der Waals surface area contributed by atoms with Crippen LogP contribution in [0.15, 0.2) is 51.8 Å². The number of hydrogen-bond donors (Lipinski definition) is 2. The van der Waals surface area contributed by atoms with Crippen LogP contribution in [0.2, 0.25) is 5.02 Å². The summed E-state index contributed by atoms with van der Waals surface area (Å²) in [7, 11) is 0. The normalized spacial score (nSPS) is 10.2. The van der Waals surface area contributed by atoms with Gasteiger partial charge in [-0.05, 0) is 52.3 Å². The Hall–Kier alpha value is -0.970. The van der Waals surface area contributed by atoms with E-state index in [2.05, 4.69) is 33.9 Å². The summed E-state index contributed by atoms with van der Waals surface area (Å²) in [5.74, 6) is -0.190. The first-order valence-electron chi connectivity index (χ1n) is 5.12. The Morgan fingerprint density at radius 2 is 2.00 bits per heavy atom. The van der Waals surface area contributed by atoms with Gasteiger partial charge in [-0.15, -0.1) is 12.6 Å². The zero-order valence-corrected chi connectivity index (χ0v) is 12.4. The van der Waals surface area contributed by atoms with E-state index in [4.69, 9.17) is 11.6 Å². The van der Waals surface area contributed by atoms with Crippen LogP contribution in [-0.4, -0.2) is 5.91 Å². The van der Waals surface area contributed by atoms with E-state index in [1.807, 2.05) is 6.07 Å². The SMILES string of the molecule is O=C(Nc1ccc(Br)c(Cl)c1)c1cccc(S)c1. The summed E-state index contributed by atoms with van der Waals surface area (Å²) in [6, 6.07) is 12.3. The van der Waals surface area contributed by atoms with Crippen molar-refractivity contribution in [2.45, 2.75) is 4.90 Å². The van der Waals surface area contributed by atoms with Crippen molar-refractivity contribution in [2.24, 2.45) is 0 Å². The molecule has 1 amide bonds. The summed E-state index contributed by atoms with van der Waals surface area (Å²) < 4.78 is 0.791. The lowest BCUT2D eigenvalue weighted by atomic mass is 10.2. The third-order valence-electron chi connectivity index (χ3n) is 2.29. The highest BCUT2D eigenvalue weighted by atomic mass is 79.9. The first kappa shape index (κ1) is 13.5. The molecule has 0 saturated heterocycles. The largest absolute Gasteiger partial charge is 0.322 e. The molecule has 0 unspecified atom stereocenters. The van der Waals surface area contributed by atoms with Crippen LogP contribution in [0, 0.1) is 0 Å². The van der Waals surface area contributed by atoms with Crippen LogP contribution >= 0.6 is 40.2 Å². The molecule has 0 fully saturated rings. The Balaban J connectivity index is 2.18. The maximum absolute atomic E-state index is 12.0. The topological polar surface area (TPSA) is 29.1 Å². The molecule has 0 spiro atoms. The number of amides is 1. The molecule has 92 valence electrons. The summed E-state index contributed by atoms with van der Waals surface area (Å²) >= 11 is 13.5. The van der Waals surface area contributed by atoms with Gasteiger partial charge in [0.25, 0.3) is 5.91 Å². The lowest BCUT2D eigenvalue weighted by Crippen LogP contribution is -2.11. The maximum atomic E-state index is 12.0. The summed E-state index contributed by atoms with van der Waals surface area (Å²) in [5.41, 5.74) is 1.21. The van der Waals surface area contributed by atoms with Crippen molar-refractivity contribution in [1.82, 2.24) is 0 Å². The van der Waals surface area contributed by atoms with E-state index < -0.39 is 0 Å². The molecule has 0 aliphatic carbocycles. The summed E-state index contributed by atoms with van der Waals surface area (Å²) in [4.78, 5) is 12.7. The molecule has 0 aromatic heterocycles. The maximum Gasteiger partial charge on any atom is 0.255 e. The summed E-state index contributed by atoms with van der Waals surface area (Å²) in [5, 5.41) is 3.33. The molecule has 0 heterocycles. The summed E-state index contributed by atoms with van der Waals surface area (Å²) in [6.07, 6.45) is 0. The molecule has 0 radical (unpaired) electrons. The first-order chi connectivity index (χ1) is 8.56. The minimum Gasteiger partial charge on any atom is -0.322 e. The van der Waals surface area contributed by atoms with Crippen LogP contribution in [0.25, 0.3) is 0 Å². The number of rotatable bonds is 2. The summed E-state index contributed by atoms with van der Waals surface area (Å²) in [6.45, 7) is 0. The fourth-order valence-corrected chi connectivity index (χ4v) is 2.08. The number of hydrogen-bond acceptors (Lipinski definition) is 2.